The zero-order chi connectivity index (χ0) is 23.3. The first-order chi connectivity index (χ1) is 16.6. The lowest BCUT2D eigenvalue weighted by molar-refractivity contribution is -0.115. The van der Waals surface area contributed by atoms with Crippen LogP contribution in [0.15, 0.2) is 58.5 Å². The minimum Gasteiger partial charge on any atom is -0.472 e. The number of thioether (sulfide) groups is 1. The average Bonchev–Trinajstić information content (AvgIpc) is 3.49. The van der Waals surface area contributed by atoms with Crippen molar-refractivity contribution < 1.29 is 14.0 Å². The molecule has 1 saturated carbocycles. The van der Waals surface area contributed by atoms with Gasteiger partial charge in [-0.05, 0) is 67.3 Å². The van der Waals surface area contributed by atoms with Crippen molar-refractivity contribution in [1.82, 2.24) is 25.6 Å². The molecule has 5 rings (SSSR count). The Labute approximate surface area is 200 Å². The molecule has 4 heterocycles. The maximum absolute atomic E-state index is 11.8. The van der Waals surface area contributed by atoms with E-state index in [1.54, 1.807) is 37.1 Å². The number of hydrogen-bond donors (Lipinski definition) is 3. The smallest absolute Gasteiger partial charge is 0.290 e. The monoisotopic (exact) mass is 476 g/mol. The van der Waals surface area contributed by atoms with Gasteiger partial charge < -0.3 is 15.1 Å². The van der Waals surface area contributed by atoms with E-state index in [-0.39, 0.29) is 11.3 Å². The third-order valence-electron chi connectivity index (χ3n) is 5.93. The molecule has 3 aromatic rings. The molecule has 9 nitrogen and oxygen atoms in total. The van der Waals surface area contributed by atoms with Crippen LogP contribution in [0.25, 0.3) is 17.3 Å². The van der Waals surface area contributed by atoms with Gasteiger partial charge in [-0.1, -0.05) is 6.07 Å². The van der Waals surface area contributed by atoms with Crippen LogP contribution in [0, 0.1) is 0 Å². The topological polar surface area (TPSA) is 122 Å². The number of nitrogens with one attached hydrogen (secondary N) is 3. The molecule has 1 saturated heterocycles. The van der Waals surface area contributed by atoms with Gasteiger partial charge >= 0.3 is 0 Å². The summed E-state index contributed by atoms with van der Waals surface area (Å²) in [7, 11) is 0. The van der Waals surface area contributed by atoms with E-state index in [9.17, 15) is 9.59 Å². The summed E-state index contributed by atoms with van der Waals surface area (Å²) in [5, 5.41) is 8.97. The van der Waals surface area contributed by atoms with Gasteiger partial charge in [-0.15, -0.1) is 0 Å². The number of nitrogens with zero attached hydrogens (tertiary/aromatic N) is 3. The summed E-state index contributed by atoms with van der Waals surface area (Å²) in [6, 6.07) is 8.41. The van der Waals surface area contributed by atoms with Crippen LogP contribution >= 0.6 is 11.8 Å². The summed E-state index contributed by atoms with van der Waals surface area (Å²) in [5.41, 5.74) is 3.68. The quantitative estimate of drug-likeness (QED) is 0.435. The van der Waals surface area contributed by atoms with Crippen LogP contribution in [0.2, 0.25) is 0 Å². The van der Waals surface area contributed by atoms with Crippen molar-refractivity contribution in [3.05, 3.63) is 65.3 Å². The predicted molar refractivity (Wildman–Crippen MR) is 130 cm³/mol. The third kappa shape index (κ3) is 5.35. The van der Waals surface area contributed by atoms with Gasteiger partial charge in [0.25, 0.3) is 11.1 Å². The van der Waals surface area contributed by atoms with E-state index >= 15 is 0 Å². The summed E-state index contributed by atoms with van der Waals surface area (Å²) >= 11 is 0.878. The molecule has 0 bridgehead atoms. The fourth-order valence-corrected chi connectivity index (χ4v) is 4.86. The van der Waals surface area contributed by atoms with Gasteiger partial charge in [0.1, 0.15) is 0 Å². The number of imide groups is 1. The molecule has 174 valence electrons. The molecule has 3 aromatic heterocycles. The van der Waals surface area contributed by atoms with Crippen LogP contribution in [0.3, 0.4) is 0 Å². The highest BCUT2D eigenvalue weighted by Gasteiger charge is 2.25. The molecule has 1 aliphatic heterocycles. The Morgan fingerprint density at radius 2 is 1.94 bits per heavy atom. The molecule has 10 heteroatoms. The molecule has 2 amide bonds. The first-order valence-corrected chi connectivity index (χ1v) is 12.0. The Balaban J connectivity index is 1.13. The first-order valence-electron chi connectivity index (χ1n) is 11.2. The minimum atomic E-state index is -0.392. The molecular weight excluding hydrogens is 452 g/mol. The molecule has 0 spiro atoms. The fraction of sp³-hybridized carbons (Fsp3) is 0.292. The van der Waals surface area contributed by atoms with Gasteiger partial charge in [0.2, 0.25) is 5.95 Å². The molecular formula is C24H24N6O3S. The minimum absolute atomic E-state index is 0.284. The van der Waals surface area contributed by atoms with Gasteiger partial charge in [0.15, 0.2) is 0 Å². The van der Waals surface area contributed by atoms with E-state index in [0.717, 1.165) is 60.8 Å². The van der Waals surface area contributed by atoms with Gasteiger partial charge in [-0.3, -0.25) is 19.9 Å². The lowest BCUT2D eigenvalue weighted by Crippen LogP contribution is -2.37. The van der Waals surface area contributed by atoms with Gasteiger partial charge in [-0.2, -0.15) is 0 Å². The number of rotatable bonds is 7. The number of pyridine rings is 1. The van der Waals surface area contributed by atoms with Crippen LogP contribution in [-0.4, -0.2) is 38.2 Å². The molecule has 0 aromatic carbocycles. The van der Waals surface area contributed by atoms with Crippen molar-refractivity contribution in [3.63, 3.8) is 0 Å². The van der Waals surface area contributed by atoms with Crippen LogP contribution in [0.5, 0.6) is 0 Å². The largest absolute Gasteiger partial charge is 0.472 e. The molecule has 1 aliphatic carbocycles. The standard InChI is InChI=1S/C24H24N6O3S/c31-22-20(34-24(32)30-22)12-19-7-10-26-23(29-19)28-18-5-3-17(4-6-18)27-13-15-2-1-9-25-21(15)16-8-11-33-14-16/h1-2,7-12,14,17-18,27H,3-6,13H2,(H,26,28,29)(H,30,31,32). The van der Waals surface area contributed by atoms with E-state index in [1.165, 1.54) is 0 Å². The molecule has 0 radical (unpaired) electrons. The second-order valence-electron chi connectivity index (χ2n) is 8.25. The molecule has 0 atom stereocenters. The number of carbonyl (C=O) groups excluding carboxylic acids is 2. The number of furan rings is 1. The normalized spacial score (nSPS) is 21.6. The number of amides is 2. The van der Waals surface area contributed by atoms with Crippen molar-refractivity contribution >= 4 is 34.9 Å². The van der Waals surface area contributed by atoms with Gasteiger partial charge in [0, 0.05) is 36.6 Å². The number of anilines is 1. The molecule has 2 aliphatic rings. The van der Waals surface area contributed by atoms with Gasteiger partial charge in [-0.25, -0.2) is 9.97 Å². The highest BCUT2D eigenvalue weighted by atomic mass is 32.2. The second-order valence-corrected chi connectivity index (χ2v) is 9.27. The lowest BCUT2D eigenvalue weighted by atomic mass is 9.91. The third-order valence-corrected chi connectivity index (χ3v) is 6.74. The zero-order valence-electron chi connectivity index (χ0n) is 18.4. The summed E-state index contributed by atoms with van der Waals surface area (Å²) in [6.45, 7) is 0.755. The van der Waals surface area contributed by atoms with Crippen molar-refractivity contribution in [1.29, 1.82) is 0 Å². The summed E-state index contributed by atoms with van der Waals surface area (Å²) < 4.78 is 5.22. The van der Waals surface area contributed by atoms with E-state index in [4.69, 9.17) is 4.42 Å². The SMILES string of the molecule is O=C1NC(=O)C(=Cc2ccnc(NC3CCC(NCc4cccnc4-c4ccoc4)CC3)n2)S1. The highest BCUT2D eigenvalue weighted by molar-refractivity contribution is 8.18. The Morgan fingerprint density at radius 3 is 2.71 bits per heavy atom. The van der Waals surface area contributed by atoms with Crippen LogP contribution in [0.4, 0.5) is 10.7 Å². The molecule has 0 unspecified atom stereocenters. The number of hydrogen-bond acceptors (Lipinski definition) is 9. The maximum atomic E-state index is 11.8. The maximum Gasteiger partial charge on any atom is 0.290 e. The Bertz CT molecular complexity index is 1200. The van der Waals surface area contributed by atoms with Crippen molar-refractivity contribution in [2.75, 3.05) is 5.32 Å². The summed E-state index contributed by atoms with van der Waals surface area (Å²) in [4.78, 5) is 36.8. The van der Waals surface area contributed by atoms with E-state index in [1.807, 2.05) is 12.1 Å². The summed E-state index contributed by atoms with van der Waals surface area (Å²) in [5.74, 6) is 0.137. The zero-order valence-corrected chi connectivity index (χ0v) is 19.2. The Kier molecular flexibility index (Phi) is 6.68. The fourth-order valence-electron chi connectivity index (χ4n) is 4.20. The molecule has 3 N–H and O–H groups in total. The van der Waals surface area contributed by atoms with Crippen LogP contribution in [-0.2, 0) is 11.3 Å². The van der Waals surface area contributed by atoms with Crippen LogP contribution in [0.1, 0.15) is 36.9 Å². The van der Waals surface area contributed by atoms with Crippen molar-refractivity contribution in [2.24, 2.45) is 0 Å². The highest BCUT2D eigenvalue weighted by Crippen LogP contribution is 2.26. The summed E-state index contributed by atoms with van der Waals surface area (Å²) in [6.07, 6.45) is 12.5. The number of carbonyl (C=O) groups is 2. The first kappa shape index (κ1) is 22.3. The van der Waals surface area contributed by atoms with Gasteiger partial charge in [0.05, 0.1) is 28.8 Å². The average molecular weight is 477 g/mol. The Morgan fingerprint density at radius 1 is 1.09 bits per heavy atom. The number of aromatic nitrogens is 3. The van der Waals surface area contributed by atoms with Crippen molar-refractivity contribution in [3.8, 4) is 11.3 Å². The molecule has 34 heavy (non-hydrogen) atoms. The van der Waals surface area contributed by atoms with Crippen molar-refractivity contribution in [2.45, 2.75) is 44.3 Å². The van der Waals surface area contributed by atoms with E-state index in [2.05, 4.69) is 37.0 Å². The predicted octanol–water partition coefficient (Wildman–Crippen LogP) is 3.97. The lowest BCUT2D eigenvalue weighted by Gasteiger charge is -2.30. The van der Waals surface area contributed by atoms with Crippen LogP contribution < -0.4 is 16.0 Å². The molecule has 2 fully saturated rings. The second kappa shape index (κ2) is 10.2. The Hall–Kier alpha value is -3.50. The van der Waals surface area contributed by atoms with E-state index < -0.39 is 5.91 Å². The van der Waals surface area contributed by atoms with E-state index in [0.29, 0.717) is 22.6 Å².